The summed E-state index contributed by atoms with van der Waals surface area (Å²) in [5.41, 5.74) is 6.34. The molecule has 0 aromatic carbocycles. The predicted octanol–water partition coefficient (Wildman–Crippen LogP) is 0.269. The monoisotopic (exact) mass is 267 g/mol. The highest BCUT2D eigenvalue weighted by atomic mass is 32.1. The Balaban J connectivity index is 3.02. The van der Waals surface area contributed by atoms with Gasteiger partial charge in [-0.3, -0.25) is 9.59 Å². The van der Waals surface area contributed by atoms with Crippen LogP contribution in [0.3, 0.4) is 0 Å². The Kier molecular flexibility index (Phi) is 4.61. The first-order chi connectivity index (χ1) is 8.34. The number of carbonyl (C=O) groups excluding carboxylic acids is 1. The number of pyridine rings is 1. The summed E-state index contributed by atoms with van der Waals surface area (Å²) in [4.78, 5) is 25.2. The van der Waals surface area contributed by atoms with Gasteiger partial charge in [-0.15, -0.1) is 0 Å². The molecule has 0 radical (unpaired) electrons. The van der Waals surface area contributed by atoms with Crippen molar-refractivity contribution in [3.63, 3.8) is 0 Å². The smallest absolute Gasteiger partial charge is 0.260 e. The van der Waals surface area contributed by atoms with Crippen LogP contribution in [0.5, 0.6) is 0 Å². The molecule has 0 bridgehead atoms. The third-order valence-corrected chi connectivity index (χ3v) is 2.93. The minimum atomic E-state index is -0.242. The molecule has 18 heavy (non-hydrogen) atoms. The first kappa shape index (κ1) is 14.4. The van der Waals surface area contributed by atoms with Crippen LogP contribution >= 0.6 is 12.2 Å². The molecule has 0 saturated carbocycles. The van der Waals surface area contributed by atoms with Crippen LogP contribution < -0.4 is 11.3 Å². The van der Waals surface area contributed by atoms with Crippen molar-refractivity contribution in [2.75, 3.05) is 14.1 Å². The average molecular weight is 267 g/mol. The Labute approximate surface area is 111 Å². The van der Waals surface area contributed by atoms with Gasteiger partial charge in [-0.1, -0.05) is 12.2 Å². The molecule has 2 N–H and O–H groups in total. The van der Waals surface area contributed by atoms with Gasteiger partial charge in [-0.2, -0.15) is 0 Å². The van der Waals surface area contributed by atoms with Gasteiger partial charge in [0.25, 0.3) is 5.56 Å². The maximum absolute atomic E-state index is 12.1. The fraction of sp³-hybridized carbons (Fsp3) is 0.417. The normalized spacial score (nSPS) is 10.2. The van der Waals surface area contributed by atoms with E-state index < -0.39 is 0 Å². The van der Waals surface area contributed by atoms with Gasteiger partial charge in [-0.25, -0.2) is 0 Å². The third-order valence-electron chi connectivity index (χ3n) is 2.71. The van der Waals surface area contributed by atoms with Crippen LogP contribution in [0.4, 0.5) is 0 Å². The lowest BCUT2D eigenvalue weighted by molar-refractivity contribution is -0.128. The number of amides is 1. The maximum atomic E-state index is 12.1. The third kappa shape index (κ3) is 3.16. The highest BCUT2D eigenvalue weighted by molar-refractivity contribution is 7.80. The van der Waals surface area contributed by atoms with E-state index in [9.17, 15) is 9.59 Å². The molecule has 1 rings (SSSR count). The molecule has 1 aromatic rings. The lowest BCUT2D eigenvalue weighted by Crippen LogP contribution is -2.32. The Morgan fingerprint density at radius 3 is 2.56 bits per heavy atom. The van der Waals surface area contributed by atoms with E-state index in [0.29, 0.717) is 12.1 Å². The first-order valence-electron chi connectivity index (χ1n) is 5.55. The van der Waals surface area contributed by atoms with Crippen molar-refractivity contribution in [2.24, 2.45) is 5.73 Å². The number of nitrogens with zero attached hydrogens (tertiary/aromatic N) is 2. The van der Waals surface area contributed by atoms with Crippen molar-refractivity contribution in [1.29, 1.82) is 0 Å². The zero-order valence-electron chi connectivity index (χ0n) is 10.8. The molecule has 0 saturated heterocycles. The predicted molar refractivity (Wildman–Crippen MR) is 74.6 cm³/mol. The summed E-state index contributed by atoms with van der Waals surface area (Å²) in [6.07, 6.45) is 0.272. The summed E-state index contributed by atoms with van der Waals surface area (Å²) in [6, 6.07) is 3.39. The fourth-order valence-electron chi connectivity index (χ4n) is 1.57. The number of thiocarbonyl (C=S) groups is 1. The average Bonchev–Trinajstić information content (AvgIpc) is 2.27. The molecule has 1 heterocycles. The van der Waals surface area contributed by atoms with Crippen molar-refractivity contribution in [1.82, 2.24) is 9.47 Å². The van der Waals surface area contributed by atoms with Crippen LogP contribution in [0.25, 0.3) is 0 Å². The van der Waals surface area contributed by atoms with Crippen molar-refractivity contribution in [3.8, 4) is 0 Å². The number of aromatic nitrogens is 1. The van der Waals surface area contributed by atoms with E-state index in [0.717, 1.165) is 5.69 Å². The zero-order valence-corrected chi connectivity index (χ0v) is 11.6. The van der Waals surface area contributed by atoms with Crippen LogP contribution in [0.2, 0.25) is 0 Å². The number of hydrogen-bond acceptors (Lipinski definition) is 3. The van der Waals surface area contributed by atoms with E-state index >= 15 is 0 Å². The van der Waals surface area contributed by atoms with Crippen LogP contribution in [-0.4, -0.2) is 34.5 Å². The van der Waals surface area contributed by atoms with Crippen molar-refractivity contribution in [2.45, 2.75) is 19.9 Å². The van der Waals surface area contributed by atoms with Crippen LogP contribution in [0.1, 0.15) is 17.7 Å². The quantitative estimate of drug-likeness (QED) is 0.795. The zero-order chi connectivity index (χ0) is 13.9. The minimum Gasteiger partial charge on any atom is -0.389 e. The highest BCUT2D eigenvalue weighted by Gasteiger charge is 2.10. The van der Waals surface area contributed by atoms with E-state index in [1.165, 1.54) is 9.47 Å². The summed E-state index contributed by atoms with van der Waals surface area (Å²) in [7, 11) is 3.37. The Morgan fingerprint density at radius 1 is 1.44 bits per heavy atom. The number of nitrogens with two attached hydrogens (primary N) is 1. The number of carbonyl (C=O) groups is 1. The van der Waals surface area contributed by atoms with Crippen molar-refractivity contribution >= 4 is 23.1 Å². The second-order valence-electron chi connectivity index (χ2n) is 4.25. The van der Waals surface area contributed by atoms with Gasteiger partial charge in [0.1, 0.15) is 4.99 Å². The lowest BCUT2D eigenvalue weighted by atomic mass is 10.2. The summed E-state index contributed by atoms with van der Waals surface area (Å²) >= 11 is 4.82. The molecule has 0 spiro atoms. The Morgan fingerprint density at radius 2 is 2.06 bits per heavy atom. The van der Waals surface area contributed by atoms with E-state index in [4.69, 9.17) is 18.0 Å². The van der Waals surface area contributed by atoms with Crippen molar-refractivity contribution < 1.29 is 4.79 Å². The Bertz CT molecular complexity index is 535. The molecule has 0 aliphatic rings. The highest BCUT2D eigenvalue weighted by Crippen LogP contribution is 2.01. The van der Waals surface area contributed by atoms with E-state index in [1.807, 2.05) is 6.92 Å². The van der Waals surface area contributed by atoms with Gasteiger partial charge in [0.2, 0.25) is 5.91 Å². The maximum Gasteiger partial charge on any atom is 0.260 e. The topological polar surface area (TPSA) is 68.3 Å². The largest absolute Gasteiger partial charge is 0.389 e. The first-order valence-corrected chi connectivity index (χ1v) is 5.96. The second kappa shape index (κ2) is 5.77. The van der Waals surface area contributed by atoms with E-state index in [1.54, 1.807) is 26.2 Å². The van der Waals surface area contributed by atoms with Gasteiger partial charge >= 0.3 is 0 Å². The molecule has 6 heteroatoms. The van der Waals surface area contributed by atoms with Gasteiger partial charge < -0.3 is 15.2 Å². The van der Waals surface area contributed by atoms with Gasteiger partial charge in [-0.05, 0) is 19.1 Å². The van der Waals surface area contributed by atoms with Crippen LogP contribution in [0, 0.1) is 6.92 Å². The molecule has 1 aromatic heterocycles. The van der Waals surface area contributed by atoms with Gasteiger partial charge in [0.05, 0.1) is 5.56 Å². The Hall–Kier alpha value is -1.69. The van der Waals surface area contributed by atoms with E-state index in [2.05, 4.69) is 0 Å². The fourth-order valence-corrected chi connectivity index (χ4v) is 1.72. The molecule has 0 fully saturated rings. The van der Waals surface area contributed by atoms with Crippen LogP contribution in [0.15, 0.2) is 16.9 Å². The summed E-state index contributed by atoms with van der Waals surface area (Å²) in [5.74, 6) is -0.0259. The van der Waals surface area contributed by atoms with Gasteiger partial charge in [0, 0.05) is 32.8 Å². The number of rotatable bonds is 4. The molecule has 0 atom stereocenters. The second-order valence-corrected chi connectivity index (χ2v) is 4.69. The molecule has 5 nitrogen and oxygen atoms in total. The molecular weight excluding hydrogens is 250 g/mol. The molecule has 0 aliphatic heterocycles. The van der Waals surface area contributed by atoms with Crippen molar-refractivity contribution in [3.05, 3.63) is 33.7 Å². The summed E-state index contributed by atoms with van der Waals surface area (Å²) in [5, 5.41) is 0. The van der Waals surface area contributed by atoms with Gasteiger partial charge in [0.15, 0.2) is 0 Å². The number of aryl methyl sites for hydroxylation is 1. The summed E-state index contributed by atoms with van der Waals surface area (Å²) in [6.45, 7) is 2.14. The molecule has 1 amide bonds. The van der Waals surface area contributed by atoms with E-state index in [-0.39, 0.29) is 22.9 Å². The molecular formula is C12H17N3O2S. The summed E-state index contributed by atoms with van der Waals surface area (Å²) < 4.78 is 1.52. The number of hydrogen-bond donors (Lipinski definition) is 1. The van der Waals surface area contributed by atoms with Crippen LogP contribution in [-0.2, 0) is 11.3 Å². The lowest BCUT2D eigenvalue weighted by Gasteiger charge is -2.13. The molecule has 0 aliphatic carbocycles. The SMILES string of the molecule is Cc1ccc(C(N)=S)c(=O)n1CCC(=O)N(C)C. The minimum absolute atomic E-state index is 0.0259. The molecule has 98 valence electrons. The standard InChI is InChI=1S/C12H17N3O2S/c1-8-4-5-9(11(13)18)12(17)15(8)7-6-10(16)14(2)3/h4-5H,6-7H2,1-3H3,(H2,13,18). The molecule has 0 unspecified atom stereocenters.